The molecule has 0 amide bonds. The Labute approximate surface area is 175 Å². The van der Waals surface area contributed by atoms with E-state index in [9.17, 15) is 4.79 Å². The quantitative estimate of drug-likeness (QED) is 0.677. The van der Waals surface area contributed by atoms with Crippen LogP contribution in [0.25, 0.3) is 11.0 Å². The first-order valence-electron chi connectivity index (χ1n) is 10.4. The first kappa shape index (κ1) is 18.8. The van der Waals surface area contributed by atoms with Crippen LogP contribution in [0.1, 0.15) is 23.2 Å². The van der Waals surface area contributed by atoms with Crippen LogP contribution in [0, 0.1) is 0 Å². The number of hydrogen-bond acceptors (Lipinski definition) is 4. The Morgan fingerprint density at radius 2 is 2.10 bits per heavy atom. The first-order valence-corrected chi connectivity index (χ1v) is 10.4. The van der Waals surface area contributed by atoms with Crippen LogP contribution in [0.15, 0.2) is 71.6 Å². The van der Waals surface area contributed by atoms with E-state index in [1.807, 2.05) is 28.4 Å². The second kappa shape index (κ2) is 7.88. The van der Waals surface area contributed by atoms with E-state index in [2.05, 4.69) is 51.3 Å². The molecule has 0 atom stereocenters. The van der Waals surface area contributed by atoms with Gasteiger partial charge in [-0.1, -0.05) is 30.4 Å². The Hall–Kier alpha value is -3.25. The average Bonchev–Trinajstić information content (AvgIpc) is 3.00. The van der Waals surface area contributed by atoms with Crippen molar-refractivity contribution in [3.8, 4) is 0 Å². The summed E-state index contributed by atoms with van der Waals surface area (Å²) in [5, 5.41) is 1.09. The molecule has 0 bridgehead atoms. The SMILES string of the molecule is Cn1cncc1Cn1c(=O)c2c(c3cccnc31)CCN(CC1=CC=CCC=C1)C2. The van der Waals surface area contributed by atoms with Gasteiger partial charge in [0.1, 0.15) is 5.65 Å². The number of pyridine rings is 2. The van der Waals surface area contributed by atoms with Gasteiger partial charge in [0.15, 0.2) is 0 Å². The Morgan fingerprint density at radius 3 is 2.97 bits per heavy atom. The molecule has 152 valence electrons. The van der Waals surface area contributed by atoms with Gasteiger partial charge in [0.25, 0.3) is 5.56 Å². The van der Waals surface area contributed by atoms with Crippen LogP contribution < -0.4 is 5.56 Å². The van der Waals surface area contributed by atoms with Crippen LogP contribution in [-0.2, 0) is 26.6 Å². The van der Waals surface area contributed by atoms with Crippen LogP contribution in [-0.4, -0.2) is 37.1 Å². The zero-order valence-electron chi connectivity index (χ0n) is 17.2. The van der Waals surface area contributed by atoms with Crippen molar-refractivity contribution < 1.29 is 0 Å². The van der Waals surface area contributed by atoms with Crippen LogP contribution >= 0.6 is 0 Å². The van der Waals surface area contributed by atoms with Crippen molar-refractivity contribution in [1.82, 2.24) is 24.0 Å². The van der Waals surface area contributed by atoms with E-state index in [-0.39, 0.29) is 5.56 Å². The lowest BCUT2D eigenvalue weighted by atomic mass is 9.97. The number of imidazole rings is 1. The van der Waals surface area contributed by atoms with E-state index < -0.39 is 0 Å². The van der Waals surface area contributed by atoms with E-state index in [1.165, 1.54) is 5.57 Å². The van der Waals surface area contributed by atoms with Gasteiger partial charge in [0.2, 0.25) is 0 Å². The average molecular weight is 399 g/mol. The van der Waals surface area contributed by atoms with Gasteiger partial charge in [-0.2, -0.15) is 0 Å². The summed E-state index contributed by atoms with van der Waals surface area (Å²) in [5.41, 5.74) is 5.15. The molecule has 3 aromatic rings. The molecule has 0 saturated carbocycles. The minimum absolute atomic E-state index is 0.0624. The van der Waals surface area contributed by atoms with Crippen molar-refractivity contribution in [2.45, 2.75) is 25.9 Å². The highest BCUT2D eigenvalue weighted by Crippen LogP contribution is 2.25. The maximum atomic E-state index is 13.6. The highest BCUT2D eigenvalue weighted by atomic mass is 16.1. The second-order valence-corrected chi connectivity index (χ2v) is 7.99. The molecule has 0 fully saturated rings. The fourth-order valence-electron chi connectivity index (χ4n) is 4.39. The predicted octanol–water partition coefficient (Wildman–Crippen LogP) is 2.98. The molecule has 1 aliphatic heterocycles. The van der Waals surface area contributed by atoms with Crippen molar-refractivity contribution >= 4 is 11.0 Å². The van der Waals surface area contributed by atoms with Crippen LogP contribution in [0.2, 0.25) is 0 Å². The molecule has 6 heteroatoms. The lowest BCUT2D eigenvalue weighted by molar-refractivity contribution is 0.276. The van der Waals surface area contributed by atoms with Gasteiger partial charge >= 0.3 is 0 Å². The van der Waals surface area contributed by atoms with Gasteiger partial charge < -0.3 is 4.57 Å². The van der Waals surface area contributed by atoms with E-state index in [0.717, 1.165) is 53.8 Å². The summed E-state index contributed by atoms with van der Waals surface area (Å²) < 4.78 is 3.76. The van der Waals surface area contributed by atoms with Gasteiger partial charge in [-0.3, -0.25) is 14.3 Å². The maximum absolute atomic E-state index is 13.6. The summed E-state index contributed by atoms with van der Waals surface area (Å²) in [5.74, 6) is 0. The molecule has 0 aromatic carbocycles. The third-order valence-electron chi connectivity index (χ3n) is 5.99. The van der Waals surface area contributed by atoms with E-state index >= 15 is 0 Å². The van der Waals surface area contributed by atoms with E-state index in [4.69, 9.17) is 0 Å². The zero-order valence-corrected chi connectivity index (χ0v) is 17.2. The Morgan fingerprint density at radius 1 is 1.17 bits per heavy atom. The molecular formula is C24H25N5O. The molecule has 0 unspecified atom stereocenters. The first-order chi connectivity index (χ1) is 14.7. The van der Waals surface area contributed by atoms with Crippen molar-refractivity contribution in [3.05, 3.63) is 94.0 Å². The van der Waals surface area contributed by atoms with Gasteiger partial charge in [-0.05, 0) is 36.1 Å². The van der Waals surface area contributed by atoms with Crippen molar-refractivity contribution in [3.63, 3.8) is 0 Å². The summed E-state index contributed by atoms with van der Waals surface area (Å²) in [6.45, 7) is 2.93. The molecule has 5 rings (SSSR count). The van der Waals surface area contributed by atoms with Crippen LogP contribution in [0.4, 0.5) is 0 Å². The zero-order chi connectivity index (χ0) is 20.5. The monoisotopic (exact) mass is 399 g/mol. The largest absolute Gasteiger partial charge is 0.336 e. The molecule has 0 saturated heterocycles. The number of rotatable bonds is 4. The predicted molar refractivity (Wildman–Crippen MR) is 118 cm³/mol. The lowest BCUT2D eigenvalue weighted by Crippen LogP contribution is -2.38. The maximum Gasteiger partial charge on any atom is 0.257 e. The molecule has 30 heavy (non-hydrogen) atoms. The third-order valence-corrected chi connectivity index (χ3v) is 5.99. The third kappa shape index (κ3) is 3.44. The summed E-state index contributed by atoms with van der Waals surface area (Å²) >= 11 is 0. The number of fused-ring (bicyclic) bond motifs is 3. The smallest absolute Gasteiger partial charge is 0.257 e. The number of hydrogen-bond donors (Lipinski definition) is 0. The van der Waals surface area contributed by atoms with Crippen LogP contribution in [0.5, 0.6) is 0 Å². The topological polar surface area (TPSA) is 56.0 Å². The minimum atomic E-state index is 0.0624. The molecule has 6 nitrogen and oxygen atoms in total. The van der Waals surface area contributed by atoms with Crippen molar-refractivity contribution in [1.29, 1.82) is 0 Å². The fraction of sp³-hybridized carbons (Fsp3) is 0.292. The van der Waals surface area contributed by atoms with Crippen LogP contribution in [0.3, 0.4) is 0 Å². The Balaban J connectivity index is 1.55. The van der Waals surface area contributed by atoms with Gasteiger partial charge in [0.05, 0.1) is 18.6 Å². The molecule has 0 radical (unpaired) electrons. The van der Waals surface area contributed by atoms with Crippen molar-refractivity contribution in [2.75, 3.05) is 13.1 Å². The van der Waals surface area contributed by atoms with Gasteiger partial charge in [-0.25, -0.2) is 9.97 Å². The number of aromatic nitrogens is 4. The summed E-state index contributed by atoms with van der Waals surface area (Å²) in [4.78, 5) is 24.7. The summed E-state index contributed by atoms with van der Waals surface area (Å²) in [6.07, 6.45) is 18.0. The molecule has 0 N–H and O–H groups in total. The fourth-order valence-corrected chi connectivity index (χ4v) is 4.39. The Bertz CT molecular complexity index is 1240. The highest BCUT2D eigenvalue weighted by molar-refractivity contribution is 5.80. The molecular weight excluding hydrogens is 374 g/mol. The highest BCUT2D eigenvalue weighted by Gasteiger charge is 2.24. The number of aryl methyl sites for hydroxylation is 1. The van der Waals surface area contributed by atoms with E-state index in [0.29, 0.717) is 13.1 Å². The molecule has 1 aliphatic carbocycles. The van der Waals surface area contributed by atoms with Gasteiger partial charge in [-0.15, -0.1) is 0 Å². The molecule has 2 aliphatic rings. The van der Waals surface area contributed by atoms with Gasteiger partial charge in [0, 0.05) is 50.0 Å². The standard InChI is InChI=1S/C24H25N5O/c1-27-17-25-13-19(27)15-29-23-21(9-6-11-26-23)20-10-12-28(16-22(20)24(29)30)14-18-7-4-2-3-5-8-18/h2,4-9,11,13,17H,3,10,12,14-16H2,1H3. The normalized spacial score (nSPS) is 16.5. The van der Waals surface area contributed by atoms with E-state index in [1.54, 1.807) is 12.5 Å². The number of allylic oxidation sites excluding steroid dienone is 4. The van der Waals surface area contributed by atoms with Crippen molar-refractivity contribution in [2.24, 2.45) is 7.05 Å². The Kier molecular flexibility index (Phi) is 4.93. The second-order valence-electron chi connectivity index (χ2n) is 7.99. The molecule has 3 aromatic heterocycles. The number of nitrogens with zero attached hydrogens (tertiary/aromatic N) is 5. The summed E-state index contributed by atoms with van der Waals surface area (Å²) in [6, 6.07) is 4.05. The molecule has 0 spiro atoms. The molecule has 4 heterocycles. The minimum Gasteiger partial charge on any atom is -0.336 e. The lowest BCUT2D eigenvalue weighted by Gasteiger charge is -2.30. The summed E-state index contributed by atoms with van der Waals surface area (Å²) in [7, 11) is 1.95.